The fourth-order valence-electron chi connectivity index (χ4n) is 3.22. The zero-order valence-corrected chi connectivity index (χ0v) is 16.1. The molecule has 0 atom stereocenters. The Labute approximate surface area is 162 Å². The van der Waals surface area contributed by atoms with Crippen LogP contribution in [0.15, 0.2) is 36.4 Å². The summed E-state index contributed by atoms with van der Waals surface area (Å²) in [6, 6.07) is 10.5. The lowest BCUT2D eigenvalue weighted by Gasteiger charge is -2.10. The van der Waals surface area contributed by atoms with Crippen molar-refractivity contribution in [1.29, 1.82) is 0 Å². The van der Waals surface area contributed by atoms with Gasteiger partial charge in [0.25, 0.3) is 0 Å². The third-order valence-electron chi connectivity index (χ3n) is 4.37. The van der Waals surface area contributed by atoms with Crippen molar-refractivity contribution in [2.45, 2.75) is 20.8 Å². The average molecular weight is 383 g/mol. The molecule has 0 fully saturated rings. The van der Waals surface area contributed by atoms with Crippen molar-refractivity contribution in [3.8, 4) is 22.9 Å². The minimum Gasteiger partial charge on any atom is -0.504 e. The number of rotatable bonds is 5. The topological polar surface area (TPSA) is 87.0 Å². The Morgan fingerprint density at radius 2 is 1.79 bits per heavy atom. The van der Waals surface area contributed by atoms with Crippen molar-refractivity contribution in [3.05, 3.63) is 47.7 Å². The quantitative estimate of drug-likeness (QED) is 0.533. The van der Waals surface area contributed by atoms with Gasteiger partial charge in [-0.2, -0.15) is 0 Å². The number of esters is 2. The van der Waals surface area contributed by atoms with Crippen molar-refractivity contribution >= 4 is 22.8 Å². The summed E-state index contributed by atoms with van der Waals surface area (Å²) in [5.41, 5.74) is 2.17. The summed E-state index contributed by atoms with van der Waals surface area (Å²) < 4.78 is 17.3. The standard InChI is InChI=1S/C21H21NO6/c1-5-27-21(25)18-12(2)22(14-6-8-15(26-4)9-7-14)16-10-11-17(28-13(3)23)20(24)19(16)18/h6-11,24H,5H2,1-4H3. The van der Waals surface area contributed by atoms with Crippen LogP contribution in [0, 0.1) is 6.92 Å². The van der Waals surface area contributed by atoms with Crippen molar-refractivity contribution in [2.24, 2.45) is 0 Å². The van der Waals surface area contributed by atoms with Gasteiger partial charge in [-0.3, -0.25) is 4.79 Å². The number of aromatic hydroxyl groups is 1. The molecule has 0 aliphatic heterocycles. The van der Waals surface area contributed by atoms with Crippen LogP contribution in [0.2, 0.25) is 0 Å². The van der Waals surface area contributed by atoms with Crippen LogP contribution in [-0.2, 0) is 9.53 Å². The van der Waals surface area contributed by atoms with Crippen LogP contribution in [0.3, 0.4) is 0 Å². The Balaban J connectivity index is 2.32. The van der Waals surface area contributed by atoms with Crippen LogP contribution in [0.25, 0.3) is 16.6 Å². The molecule has 7 nitrogen and oxygen atoms in total. The van der Waals surface area contributed by atoms with Gasteiger partial charge in [0, 0.05) is 18.3 Å². The summed E-state index contributed by atoms with van der Waals surface area (Å²) in [7, 11) is 1.58. The molecule has 0 amide bonds. The van der Waals surface area contributed by atoms with Gasteiger partial charge in [-0.15, -0.1) is 0 Å². The van der Waals surface area contributed by atoms with Crippen LogP contribution in [0.1, 0.15) is 29.9 Å². The van der Waals surface area contributed by atoms with Gasteiger partial charge >= 0.3 is 11.9 Å². The maximum Gasteiger partial charge on any atom is 0.340 e. The largest absolute Gasteiger partial charge is 0.504 e. The number of aromatic nitrogens is 1. The second kappa shape index (κ2) is 7.64. The number of nitrogens with zero attached hydrogens (tertiary/aromatic N) is 1. The lowest BCUT2D eigenvalue weighted by molar-refractivity contribution is -0.132. The van der Waals surface area contributed by atoms with Crippen LogP contribution in [0.4, 0.5) is 0 Å². The van der Waals surface area contributed by atoms with Gasteiger partial charge in [0.2, 0.25) is 0 Å². The third kappa shape index (κ3) is 3.26. The molecule has 0 spiro atoms. The van der Waals surface area contributed by atoms with Crippen LogP contribution in [-0.4, -0.2) is 35.3 Å². The maximum atomic E-state index is 12.6. The van der Waals surface area contributed by atoms with E-state index in [1.54, 1.807) is 39.2 Å². The highest BCUT2D eigenvalue weighted by Crippen LogP contribution is 2.41. The number of benzene rings is 2. The van der Waals surface area contributed by atoms with E-state index >= 15 is 0 Å². The highest BCUT2D eigenvalue weighted by Gasteiger charge is 2.26. The molecule has 2 aromatic carbocycles. The van der Waals surface area contributed by atoms with Crippen LogP contribution < -0.4 is 9.47 Å². The number of fused-ring (bicyclic) bond motifs is 1. The molecule has 0 saturated carbocycles. The second-order valence-electron chi connectivity index (χ2n) is 6.11. The van der Waals surface area contributed by atoms with Gasteiger partial charge in [-0.05, 0) is 50.2 Å². The minimum absolute atomic E-state index is 0.0163. The Morgan fingerprint density at radius 3 is 2.36 bits per heavy atom. The Bertz CT molecular complexity index is 1050. The molecule has 0 saturated heterocycles. The smallest absolute Gasteiger partial charge is 0.340 e. The van der Waals surface area contributed by atoms with E-state index in [-0.39, 0.29) is 29.1 Å². The first-order valence-electron chi connectivity index (χ1n) is 8.76. The van der Waals surface area contributed by atoms with E-state index in [0.29, 0.717) is 17.0 Å². The van der Waals surface area contributed by atoms with Crippen molar-refractivity contribution in [3.63, 3.8) is 0 Å². The van der Waals surface area contributed by atoms with E-state index in [0.717, 1.165) is 5.69 Å². The Morgan fingerprint density at radius 1 is 1.11 bits per heavy atom. The molecule has 3 rings (SSSR count). The third-order valence-corrected chi connectivity index (χ3v) is 4.37. The van der Waals surface area contributed by atoms with Crippen LogP contribution >= 0.6 is 0 Å². The molecule has 1 heterocycles. The summed E-state index contributed by atoms with van der Waals surface area (Å²) >= 11 is 0. The van der Waals surface area contributed by atoms with E-state index in [2.05, 4.69) is 0 Å². The lowest BCUT2D eigenvalue weighted by atomic mass is 10.1. The van der Waals surface area contributed by atoms with Crippen molar-refractivity contribution in [2.75, 3.05) is 13.7 Å². The summed E-state index contributed by atoms with van der Waals surface area (Å²) in [5, 5.41) is 11.0. The molecule has 0 aliphatic rings. The zero-order chi connectivity index (χ0) is 20.4. The summed E-state index contributed by atoms with van der Waals surface area (Å²) in [4.78, 5) is 24.0. The van der Waals surface area contributed by atoms with Gasteiger partial charge in [-0.25, -0.2) is 4.79 Å². The van der Waals surface area contributed by atoms with Gasteiger partial charge in [0.05, 0.1) is 30.2 Å². The molecular formula is C21H21NO6. The van der Waals surface area contributed by atoms with E-state index in [4.69, 9.17) is 14.2 Å². The highest BCUT2D eigenvalue weighted by molar-refractivity contribution is 6.09. The first kappa shape index (κ1) is 19.3. The zero-order valence-electron chi connectivity index (χ0n) is 16.1. The second-order valence-corrected chi connectivity index (χ2v) is 6.11. The molecule has 3 aromatic rings. The van der Waals surface area contributed by atoms with Gasteiger partial charge in [-0.1, -0.05) is 0 Å². The highest BCUT2D eigenvalue weighted by atomic mass is 16.5. The molecular weight excluding hydrogens is 362 g/mol. The molecule has 146 valence electrons. The molecule has 0 unspecified atom stereocenters. The molecule has 28 heavy (non-hydrogen) atoms. The number of methoxy groups -OCH3 is 1. The fourth-order valence-corrected chi connectivity index (χ4v) is 3.22. The Kier molecular flexibility index (Phi) is 5.26. The number of hydrogen-bond donors (Lipinski definition) is 1. The molecule has 7 heteroatoms. The SMILES string of the molecule is CCOC(=O)c1c(C)n(-c2ccc(OC)cc2)c2ccc(OC(C)=O)c(O)c12. The van der Waals surface area contributed by atoms with Gasteiger partial charge in [0.1, 0.15) is 5.75 Å². The molecule has 1 N–H and O–H groups in total. The summed E-state index contributed by atoms with van der Waals surface area (Å²) in [6.45, 7) is 4.91. The number of carbonyl (C=O) groups excluding carboxylic acids is 2. The van der Waals surface area contributed by atoms with Gasteiger partial charge < -0.3 is 23.9 Å². The number of hydrogen-bond acceptors (Lipinski definition) is 6. The number of phenolic OH excluding ortho intramolecular Hbond substituents is 1. The molecule has 0 radical (unpaired) electrons. The number of ether oxygens (including phenoxy) is 3. The van der Waals surface area contributed by atoms with Gasteiger partial charge in [0.15, 0.2) is 11.5 Å². The molecule has 1 aromatic heterocycles. The first-order chi connectivity index (χ1) is 13.4. The first-order valence-corrected chi connectivity index (χ1v) is 8.76. The Hall–Kier alpha value is -3.48. The normalized spacial score (nSPS) is 10.7. The van der Waals surface area contributed by atoms with E-state index in [1.165, 1.54) is 13.0 Å². The average Bonchev–Trinajstić information content (AvgIpc) is 2.97. The molecule has 0 aliphatic carbocycles. The predicted octanol–water partition coefficient (Wildman–Crippen LogP) is 3.76. The molecule has 0 bridgehead atoms. The monoisotopic (exact) mass is 383 g/mol. The fraction of sp³-hybridized carbons (Fsp3) is 0.238. The van der Waals surface area contributed by atoms with Crippen molar-refractivity contribution < 1.29 is 28.9 Å². The van der Waals surface area contributed by atoms with E-state index < -0.39 is 11.9 Å². The number of carbonyl (C=O) groups is 2. The number of phenols is 1. The van der Waals surface area contributed by atoms with Crippen LogP contribution in [0.5, 0.6) is 17.2 Å². The summed E-state index contributed by atoms with van der Waals surface area (Å²) in [5.74, 6) is -0.738. The minimum atomic E-state index is -0.571. The van der Waals surface area contributed by atoms with E-state index in [9.17, 15) is 14.7 Å². The van der Waals surface area contributed by atoms with E-state index in [1.807, 2.05) is 16.7 Å². The lowest BCUT2D eigenvalue weighted by Crippen LogP contribution is -2.07. The predicted molar refractivity (Wildman–Crippen MR) is 103 cm³/mol. The summed E-state index contributed by atoms with van der Waals surface area (Å²) in [6.07, 6.45) is 0. The van der Waals surface area contributed by atoms with Crippen molar-refractivity contribution in [1.82, 2.24) is 4.57 Å². The maximum absolute atomic E-state index is 12.6.